The highest BCUT2D eigenvalue weighted by molar-refractivity contribution is 7.91. The molecule has 7 heteroatoms. The molecule has 0 aromatic carbocycles. The normalized spacial score (nSPS) is 11.3. The quantitative estimate of drug-likeness (QED) is 0.773. The standard InChI is InChI=1S/C7H10N2O3S2/c1-5(10)9-4-6-2-3-7(13-6)14(8,11)12/h2-3H,4H2,1H3,(H,9,10)(H2,8,11,12). The lowest BCUT2D eigenvalue weighted by Crippen LogP contribution is -2.18. The first kappa shape index (κ1) is 11.2. The highest BCUT2D eigenvalue weighted by Crippen LogP contribution is 2.19. The third kappa shape index (κ3) is 3.09. The van der Waals surface area contributed by atoms with Crippen LogP contribution in [0.2, 0.25) is 0 Å². The lowest BCUT2D eigenvalue weighted by Gasteiger charge is -1.96. The molecule has 0 radical (unpaired) electrons. The van der Waals surface area contributed by atoms with E-state index in [1.54, 1.807) is 6.07 Å². The van der Waals surface area contributed by atoms with Crippen LogP contribution in [0.1, 0.15) is 11.8 Å². The fraction of sp³-hybridized carbons (Fsp3) is 0.286. The number of thiophene rings is 1. The summed E-state index contributed by atoms with van der Waals surface area (Å²) in [7, 11) is -3.61. The van der Waals surface area contributed by atoms with Gasteiger partial charge in [0.1, 0.15) is 4.21 Å². The Labute approximate surface area is 86.0 Å². The monoisotopic (exact) mass is 234 g/mol. The highest BCUT2D eigenvalue weighted by atomic mass is 32.2. The Morgan fingerprint density at radius 1 is 1.57 bits per heavy atom. The van der Waals surface area contributed by atoms with Crippen LogP contribution in [0.15, 0.2) is 16.3 Å². The minimum atomic E-state index is -3.61. The molecule has 0 unspecified atom stereocenters. The van der Waals surface area contributed by atoms with E-state index < -0.39 is 10.0 Å². The molecule has 1 aromatic rings. The fourth-order valence-electron chi connectivity index (χ4n) is 0.818. The molecule has 0 aliphatic carbocycles. The molecular formula is C7H10N2O3S2. The van der Waals surface area contributed by atoms with Crippen molar-refractivity contribution in [2.75, 3.05) is 0 Å². The van der Waals surface area contributed by atoms with Crippen molar-refractivity contribution in [3.63, 3.8) is 0 Å². The van der Waals surface area contributed by atoms with Gasteiger partial charge in [0.15, 0.2) is 0 Å². The van der Waals surface area contributed by atoms with E-state index in [9.17, 15) is 13.2 Å². The third-order valence-electron chi connectivity index (χ3n) is 1.43. The zero-order chi connectivity index (χ0) is 10.8. The molecule has 0 aliphatic rings. The molecule has 1 heterocycles. The van der Waals surface area contributed by atoms with E-state index >= 15 is 0 Å². The number of amides is 1. The van der Waals surface area contributed by atoms with Crippen molar-refractivity contribution in [3.05, 3.63) is 17.0 Å². The number of sulfonamides is 1. The zero-order valence-electron chi connectivity index (χ0n) is 7.48. The second-order valence-electron chi connectivity index (χ2n) is 2.68. The van der Waals surface area contributed by atoms with Gasteiger partial charge in [-0.1, -0.05) is 0 Å². The fourth-order valence-corrected chi connectivity index (χ4v) is 2.54. The highest BCUT2D eigenvalue weighted by Gasteiger charge is 2.10. The van der Waals surface area contributed by atoms with Crippen LogP contribution in [0.4, 0.5) is 0 Å². The van der Waals surface area contributed by atoms with Crippen LogP contribution < -0.4 is 10.5 Å². The van der Waals surface area contributed by atoms with Gasteiger partial charge in [-0.05, 0) is 12.1 Å². The van der Waals surface area contributed by atoms with Gasteiger partial charge in [-0.2, -0.15) is 0 Å². The van der Waals surface area contributed by atoms with Gasteiger partial charge < -0.3 is 5.32 Å². The van der Waals surface area contributed by atoms with Crippen molar-refractivity contribution in [1.82, 2.24) is 5.32 Å². The van der Waals surface area contributed by atoms with Crippen LogP contribution >= 0.6 is 11.3 Å². The average molecular weight is 234 g/mol. The number of nitrogens with one attached hydrogen (secondary N) is 1. The Morgan fingerprint density at radius 3 is 2.64 bits per heavy atom. The molecule has 14 heavy (non-hydrogen) atoms. The summed E-state index contributed by atoms with van der Waals surface area (Å²) in [5.74, 6) is -0.157. The van der Waals surface area contributed by atoms with E-state index in [-0.39, 0.29) is 10.1 Å². The van der Waals surface area contributed by atoms with Gasteiger partial charge in [-0.15, -0.1) is 11.3 Å². The Balaban J connectivity index is 2.74. The third-order valence-corrected chi connectivity index (χ3v) is 3.95. The summed E-state index contributed by atoms with van der Waals surface area (Å²) in [6.45, 7) is 1.73. The van der Waals surface area contributed by atoms with Gasteiger partial charge >= 0.3 is 0 Å². The van der Waals surface area contributed by atoms with Crippen molar-refractivity contribution >= 4 is 27.3 Å². The molecule has 0 bridgehead atoms. The SMILES string of the molecule is CC(=O)NCc1ccc(S(N)(=O)=O)s1. The maximum Gasteiger partial charge on any atom is 0.247 e. The van der Waals surface area contributed by atoms with Crippen molar-refractivity contribution in [2.24, 2.45) is 5.14 Å². The number of primary sulfonamides is 1. The minimum Gasteiger partial charge on any atom is -0.351 e. The average Bonchev–Trinajstić information content (AvgIpc) is 2.47. The maximum atomic E-state index is 10.9. The zero-order valence-corrected chi connectivity index (χ0v) is 9.11. The molecule has 0 fully saturated rings. The first-order valence-corrected chi connectivity index (χ1v) is 6.12. The predicted molar refractivity (Wildman–Crippen MR) is 53.2 cm³/mol. The second kappa shape index (κ2) is 4.07. The van der Waals surface area contributed by atoms with Crippen LogP contribution in [0.5, 0.6) is 0 Å². The topological polar surface area (TPSA) is 89.3 Å². The van der Waals surface area contributed by atoms with Gasteiger partial charge in [0.2, 0.25) is 15.9 Å². The Bertz CT molecular complexity index is 436. The van der Waals surface area contributed by atoms with E-state index in [4.69, 9.17) is 5.14 Å². The van der Waals surface area contributed by atoms with Gasteiger partial charge in [0, 0.05) is 11.8 Å². The molecule has 1 aromatic heterocycles. The summed E-state index contributed by atoms with van der Waals surface area (Å²) in [5.41, 5.74) is 0. The largest absolute Gasteiger partial charge is 0.351 e. The Kier molecular flexibility index (Phi) is 3.25. The number of carbonyl (C=O) groups is 1. The van der Waals surface area contributed by atoms with Gasteiger partial charge in [-0.25, -0.2) is 13.6 Å². The summed E-state index contributed by atoms with van der Waals surface area (Å²) in [6, 6.07) is 3.05. The molecule has 3 N–H and O–H groups in total. The van der Waals surface area contributed by atoms with Gasteiger partial charge in [-0.3, -0.25) is 4.79 Å². The predicted octanol–water partition coefficient (Wildman–Crippen LogP) is 0.0316. The van der Waals surface area contributed by atoms with Crippen molar-refractivity contribution < 1.29 is 13.2 Å². The maximum absolute atomic E-state index is 10.9. The first-order chi connectivity index (χ1) is 6.39. The molecule has 0 saturated heterocycles. The lowest BCUT2D eigenvalue weighted by atomic mass is 10.4. The number of rotatable bonds is 3. The van der Waals surface area contributed by atoms with E-state index in [0.717, 1.165) is 16.2 Å². The minimum absolute atomic E-state index is 0.109. The molecule has 1 rings (SSSR count). The van der Waals surface area contributed by atoms with Crippen LogP contribution in [0, 0.1) is 0 Å². The van der Waals surface area contributed by atoms with E-state index in [2.05, 4.69) is 5.32 Å². The Hall–Kier alpha value is -0.920. The summed E-state index contributed by atoms with van der Waals surface area (Å²) in [6.07, 6.45) is 0. The number of hydrogen-bond donors (Lipinski definition) is 2. The van der Waals surface area contributed by atoms with Crippen LogP contribution in [0.3, 0.4) is 0 Å². The lowest BCUT2D eigenvalue weighted by molar-refractivity contribution is -0.119. The summed E-state index contributed by atoms with van der Waals surface area (Å²) in [4.78, 5) is 11.3. The smallest absolute Gasteiger partial charge is 0.247 e. The molecular weight excluding hydrogens is 224 g/mol. The van der Waals surface area contributed by atoms with Crippen LogP contribution in [-0.2, 0) is 21.4 Å². The van der Waals surface area contributed by atoms with Gasteiger partial charge in [0.25, 0.3) is 0 Å². The summed E-state index contributed by atoms with van der Waals surface area (Å²) >= 11 is 1.05. The molecule has 5 nitrogen and oxygen atoms in total. The van der Waals surface area contributed by atoms with Gasteiger partial charge in [0.05, 0.1) is 6.54 Å². The van der Waals surface area contributed by atoms with Crippen LogP contribution in [-0.4, -0.2) is 14.3 Å². The number of carbonyl (C=O) groups excluding carboxylic acids is 1. The molecule has 0 atom stereocenters. The molecule has 78 valence electrons. The number of nitrogens with two attached hydrogens (primary N) is 1. The van der Waals surface area contributed by atoms with Crippen molar-refractivity contribution in [3.8, 4) is 0 Å². The molecule has 1 amide bonds. The second-order valence-corrected chi connectivity index (χ2v) is 5.63. The molecule has 0 saturated carbocycles. The number of hydrogen-bond acceptors (Lipinski definition) is 4. The molecule has 0 spiro atoms. The van der Waals surface area contributed by atoms with E-state index in [1.165, 1.54) is 13.0 Å². The van der Waals surface area contributed by atoms with Crippen molar-refractivity contribution in [1.29, 1.82) is 0 Å². The van der Waals surface area contributed by atoms with E-state index in [0.29, 0.717) is 6.54 Å². The first-order valence-electron chi connectivity index (χ1n) is 3.75. The Morgan fingerprint density at radius 2 is 2.21 bits per heavy atom. The van der Waals surface area contributed by atoms with E-state index in [1.807, 2.05) is 0 Å². The summed E-state index contributed by atoms with van der Waals surface area (Å²) in [5, 5.41) is 7.48. The van der Waals surface area contributed by atoms with Crippen molar-refractivity contribution in [2.45, 2.75) is 17.7 Å². The molecule has 0 aliphatic heterocycles. The van der Waals surface area contributed by atoms with Crippen LogP contribution in [0.25, 0.3) is 0 Å². The summed E-state index contributed by atoms with van der Waals surface area (Å²) < 4.78 is 21.9.